The molecule has 1 saturated carbocycles. The van der Waals surface area contributed by atoms with Gasteiger partial charge in [-0.25, -0.2) is 0 Å². The van der Waals surface area contributed by atoms with Gasteiger partial charge < -0.3 is 4.74 Å². The molecule has 1 aromatic rings. The maximum atomic E-state index is 5.68. The van der Waals surface area contributed by atoms with Crippen molar-refractivity contribution < 1.29 is 42.5 Å². The minimum atomic E-state index is 0. The third kappa shape index (κ3) is 13.0. The fourth-order valence-corrected chi connectivity index (χ4v) is 2.59. The van der Waals surface area contributed by atoms with Crippen LogP contribution in [0.5, 0.6) is 5.75 Å². The van der Waals surface area contributed by atoms with E-state index in [1.54, 1.807) is 0 Å². The van der Waals surface area contributed by atoms with E-state index in [2.05, 4.69) is 31.2 Å². The standard InChI is InChI=1S/C14H20O.3C2H6.Ar.Sn.H/c1-3-15-14-7-5-4-6-13(14)12-9-8-11(2)10-12;3*1-2;;;/h4-7,11-12H,3,8-10H2,1-2H3;3*1-2H3;;;. The average molecular weight is 454 g/mol. The van der Waals surface area contributed by atoms with E-state index in [0.29, 0.717) is 0 Å². The summed E-state index contributed by atoms with van der Waals surface area (Å²) in [7, 11) is 0. The van der Waals surface area contributed by atoms with Gasteiger partial charge in [-0.2, -0.15) is 0 Å². The van der Waals surface area contributed by atoms with Crippen LogP contribution in [0.4, 0.5) is 0 Å². The Labute approximate surface area is 193 Å². The van der Waals surface area contributed by atoms with Crippen molar-refractivity contribution in [3.8, 4) is 5.75 Å². The van der Waals surface area contributed by atoms with E-state index < -0.39 is 0 Å². The number of hydrogen-bond acceptors (Lipinski definition) is 1. The third-order valence-corrected chi connectivity index (χ3v) is 3.35. The van der Waals surface area contributed by atoms with Crippen LogP contribution in [0.25, 0.3) is 0 Å². The molecule has 0 amide bonds. The summed E-state index contributed by atoms with van der Waals surface area (Å²) in [5.74, 6) is 2.70. The van der Waals surface area contributed by atoms with E-state index in [9.17, 15) is 0 Å². The van der Waals surface area contributed by atoms with Crippen molar-refractivity contribution in [3.05, 3.63) is 29.8 Å². The molecule has 0 bridgehead atoms. The van der Waals surface area contributed by atoms with Gasteiger partial charge in [0.25, 0.3) is 0 Å². The summed E-state index contributed by atoms with van der Waals surface area (Å²) >= 11 is 0. The molecule has 1 nitrogen and oxygen atoms in total. The summed E-state index contributed by atoms with van der Waals surface area (Å²) in [4.78, 5) is 0. The SMILES string of the molecule is CC.CC.CC.CCOc1ccccc1C1CCC(C)C1.[Ar].[SnH]. The molecule has 0 saturated heterocycles. The first-order chi connectivity index (χ1) is 10.3. The van der Waals surface area contributed by atoms with E-state index in [4.69, 9.17) is 4.74 Å². The zero-order chi connectivity index (χ0) is 16.7. The molecule has 0 aliphatic heterocycles. The van der Waals surface area contributed by atoms with Gasteiger partial charge in [-0.3, -0.25) is 0 Å². The van der Waals surface area contributed by atoms with Crippen LogP contribution in [0.2, 0.25) is 0 Å². The molecule has 3 heteroatoms. The summed E-state index contributed by atoms with van der Waals surface area (Å²) in [6, 6.07) is 8.52. The Hall–Kier alpha value is 1.08. The maximum absolute atomic E-state index is 5.68. The molecule has 1 aromatic carbocycles. The number of hydrogen-bond donors (Lipinski definition) is 0. The first kappa shape index (κ1) is 31.8. The second-order valence-corrected chi connectivity index (χ2v) is 4.59. The Morgan fingerprint density at radius 2 is 1.48 bits per heavy atom. The molecule has 137 valence electrons. The molecule has 1 aliphatic rings. The van der Waals surface area contributed by atoms with E-state index in [0.717, 1.165) is 24.2 Å². The molecular weight excluding hydrogens is 415 g/mol. The first-order valence-corrected chi connectivity index (χ1v) is 9.03. The van der Waals surface area contributed by atoms with Gasteiger partial charge in [0.1, 0.15) is 5.75 Å². The van der Waals surface area contributed by atoms with Crippen molar-refractivity contribution in [3.63, 3.8) is 0 Å². The zero-order valence-electron chi connectivity index (χ0n) is 16.6. The van der Waals surface area contributed by atoms with Gasteiger partial charge in [0.05, 0.1) is 6.61 Å². The third-order valence-electron chi connectivity index (χ3n) is 3.35. The first-order valence-electron chi connectivity index (χ1n) is 9.03. The van der Waals surface area contributed by atoms with Gasteiger partial charge in [-0.1, -0.05) is 73.1 Å². The van der Waals surface area contributed by atoms with E-state index in [1.807, 2.05) is 48.5 Å². The van der Waals surface area contributed by atoms with Gasteiger partial charge in [0, 0.05) is 37.7 Å². The molecule has 3 radical (unpaired) electrons. The molecule has 1 fully saturated rings. The number of benzene rings is 1. The fourth-order valence-electron chi connectivity index (χ4n) is 2.59. The topological polar surface area (TPSA) is 9.23 Å². The number of rotatable bonds is 3. The van der Waals surface area contributed by atoms with E-state index in [-0.39, 0.29) is 61.6 Å². The van der Waals surface area contributed by atoms with Crippen molar-refractivity contribution in [2.24, 2.45) is 5.92 Å². The van der Waals surface area contributed by atoms with Crippen molar-refractivity contribution in [1.29, 1.82) is 0 Å². The zero-order valence-corrected chi connectivity index (χ0v) is 20.6. The normalized spacial score (nSPS) is 17.4. The van der Waals surface area contributed by atoms with Crippen LogP contribution < -0.4 is 4.74 Å². The molecule has 2 atom stereocenters. The summed E-state index contributed by atoms with van der Waals surface area (Å²) in [6.45, 7) is 17.2. The van der Waals surface area contributed by atoms with Crippen molar-refractivity contribution in [2.75, 3.05) is 6.61 Å². The van der Waals surface area contributed by atoms with Crippen LogP contribution in [-0.4, -0.2) is 30.5 Å². The number of para-hydroxylation sites is 1. The van der Waals surface area contributed by atoms with Gasteiger partial charge in [-0.05, 0) is 43.2 Å². The fraction of sp³-hybridized carbons (Fsp3) is 0.700. The number of ether oxygens (including phenoxy) is 1. The Bertz CT molecular complexity index is 331. The molecule has 2 rings (SSSR count). The Kier molecular flexibility index (Phi) is 31.9. The second kappa shape index (κ2) is 23.1. The van der Waals surface area contributed by atoms with Crippen molar-refractivity contribution in [2.45, 2.75) is 80.6 Å². The van der Waals surface area contributed by atoms with Crippen molar-refractivity contribution in [1.82, 2.24) is 0 Å². The molecule has 0 N–H and O–H groups in total. The van der Waals surface area contributed by atoms with Gasteiger partial charge >= 0.3 is 23.9 Å². The Balaban J connectivity index is -0.000000204. The molecule has 23 heavy (non-hydrogen) atoms. The average Bonchev–Trinajstić information content (AvgIpc) is 3.00. The van der Waals surface area contributed by atoms with Crippen LogP contribution in [-0.2, 0) is 0 Å². The quantitative estimate of drug-likeness (QED) is 0.480. The molecule has 0 heterocycles. The summed E-state index contributed by atoms with van der Waals surface area (Å²) in [6.07, 6.45) is 4.01. The summed E-state index contributed by atoms with van der Waals surface area (Å²) in [5, 5.41) is 0. The Morgan fingerprint density at radius 1 is 0.957 bits per heavy atom. The van der Waals surface area contributed by atoms with E-state index in [1.165, 1.54) is 24.8 Å². The monoisotopic (exact) mass is 455 g/mol. The van der Waals surface area contributed by atoms with Crippen LogP contribution in [0.3, 0.4) is 0 Å². The molecular formula is C20H39ArOSn. The van der Waals surface area contributed by atoms with E-state index >= 15 is 0 Å². The Morgan fingerprint density at radius 3 is 1.91 bits per heavy atom. The summed E-state index contributed by atoms with van der Waals surface area (Å²) in [5.41, 5.74) is 1.42. The van der Waals surface area contributed by atoms with Gasteiger partial charge in [0.15, 0.2) is 0 Å². The minimum absolute atomic E-state index is 0. The van der Waals surface area contributed by atoms with Gasteiger partial charge in [-0.15, -0.1) is 0 Å². The molecule has 0 aromatic heterocycles. The second-order valence-electron chi connectivity index (χ2n) is 4.59. The van der Waals surface area contributed by atoms with Crippen molar-refractivity contribution >= 4 is 23.9 Å². The van der Waals surface area contributed by atoms with Crippen LogP contribution in [0.15, 0.2) is 24.3 Å². The molecule has 0 spiro atoms. The van der Waals surface area contributed by atoms with Gasteiger partial charge in [0.2, 0.25) is 0 Å². The van der Waals surface area contributed by atoms with Crippen LogP contribution in [0, 0.1) is 43.7 Å². The van der Waals surface area contributed by atoms with Crippen LogP contribution >= 0.6 is 0 Å². The summed E-state index contributed by atoms with van der Waals surface area (Å²) < 4.78 is 5.68. The predicted octanol–water partition coefficient (Wildman–Crippen LogP) is 6.42. The molecule has 1 aliphatic carbocycles. The molecule has 2 unspecified atom stereocenters. The van der Waals surface area contributed by atoms with Crippen LogP contribution in [0.1, 0.15) is 86.1 Å². The predicted molar refractivity (Wildman–Crippen MR) is 105 cm³/mol.